The Kier molecular flexibility index (Phi) is 4.80. The monoisotopic (exact) mass is 214 g/mol. The number of ether oxygens (including phenoxy) is 1. The summed E-state index contributed by atoms with van der Waals surface area (Å²) in [6.45, 7) is 5.36. The standard InChI is InChI=1S/C14H14O2/c1-3-5-9-12-10-6-7-11-13(12)16-14(15)8-4-2/h3-11H,1H2,2H3/b8-4+,9-5+. The first-order valence-corrected chi connectivity index (χ1v) is 5.00. The van der Waals surface area contributed by atoms with Crippen LogP contribution in [0.4, 0.5) is 0 Å². The molecule has 0 aliphatic heterocycles. The van der Waals surface area contributed by atoms with Crippen molar-refractivity contribution in [2.75, 3.05) is 0 Å². The second-order valence-electron chi connectivity index (χ2n) is 3.05. The van der Waals surface area contributed by atoms with Crippen LogP contribution in [0.3, 0.4) is 0 Å². The van der Waals surface area contributed by atoms with E-state index in [0.717, 1.165) is 5.56 Å². The second-order valence-corrected chi connectivity index (χ2v) is 3.05. The van der Waals surface area contributed by atoms with Gasteiger partial charge >= 0.3 is 5.97 Å². The van der Waals surface area contributed by atoms with E-state index in [1.54, 1.807) is 31.2 Å². The maximum Gasteiger partial charge on any atom is 0.335 e. The molecule has 0 aliphatic carbocycles. The van der Waals surface area contributed by atoms with Gasteiger partial charge in [0.1, 0.15) is 5.75 Å². The van der Waals surface area contributed by atoms with Crippen LogP contribution in [-0.4, -0.2) is 5.97 Å². The Balaban J connectivity index is 2.90. The van der Waals surface area contributed by atoms with E-state index in [1.807, 2.05) is 24.3 Å². The largest absolute Gasteiger partial charge is 0.423 e. The summed E-state index contributed by atoms with van der Waals surface area (Å²) in [5.74, 6) is 0.172. The van der Waals surface area contributed by atoms with Gasteiger partial charge in [-0.1, -0.05) is 49.1 Å². The van der Waals surface area contributed by atoms with E-state index >= 15 is 0 Å². The first-order chi connectivity index (χ1) is 7.77. The van der Waals surface area contributed by atoms with Gasteiger partial charge in [-0.05, 0) is 13.0 Å². The Morgan fingerprint density at radius 3 is 2.81 bits per heavy atom. The van der Waals surface area contributed by atoms with E-state index < -0.39 is 0 Å². The molecule has 0 fully saturated rings. The van der Waals surface area contributed by atoms with E-state index in [-0.39, 0.29) is 5.97 Å². The van der Waals surface area contributed by atoms with Gasteiger partial charge in [-0.25, -0.2) is 4.79 Å². The van der Waals surface area contributed by atoms with Crippen LogP contribution in [0.1, 0.15) is 12.5 Å². The van der Waals surface area contributed by atoms with E-state index in [9.17, 15) is 4.79 Å². The highest BCUT2D eigenvalue weighted by molar-refractivity contribution is 5.84. The molecule has 0 heterocycles. The minimum atomic E-state index is -0.373. The van der Waals surface area contributed by atoms with Gasteiger partial charge in [0.2, 0.25) is 0 Å². The highest BCUT2D eigenvalue weighted by atomic mass is 16.5. The number of para-hydroxylation sites is 1. The molecule has 0 amide bonds. The minimum absolute atomic E-state index is 0.373. The van der Waals surface area contributed by atoms with Gasteiger partial charge in [0.25, 0.3) is 0 Å². The normalized spacial score (nSPS) is 10.8. The van der Waals surface area contributed by atoms with Crippen LogP contribution < -0.4 is 4.74 Å². The van der Waals surface area contributed by atoms with Crippen molar-refractivity contribution in [3.05, 3.63) is 60.7 Å². The summed E-state index contributed by atoms with van der Waals surface area (Å²) < 4.78 is 5.17. The Morgan fingerprint density at radius 1 is 1.38 bits per heavy atom. The Labute approximate surface area is 95.6 Å². The summed E-state index contributed by atoms with van der Waals surface area (Å²) >= 11 is 0. The van der Waals surface area contributed by atoms with Gasteiger partial charge in [-0.2, -0.15) is 0 Å². The lowest BCUT2D eigenvalue weighted by Crippen LogP contribution is -2.04. The number of benzene rings is 1. The summed E-state index contributed by atoms with van der Waals surface area (Å²) in [7, 11) is 0. The lowest BCUT2D eigenvalue weighted by atomic mass is 10.2. The number of rotatable bonds is 4. The molecule has 0 aliphatic rings. The number of hydrogen-bond acceptors (Lipinski definition) is 2. The number of carbonyl (C=O) groups is 1. The Morgan fingerprint density at radius 2 is 2.12 bits per heavy atom. The third-order valence-corrected chi connectivity index (χ3v) is 1.84. The van der Waals surface area contributed by atoms with Crippen molar-refractivity contribution < 1.29 is 9.53 Å². The van der Waals surface area contributed by atoms with Crippen molar-refractivity contribution in [3.63, 3.8) is 0 Å². The van der Waals surface area contributed by atoms with E-state index in [1.165, 1.54) is 6.08 Å². The van der Waals surface area contributed by atoms with Gasteiger partial charge in [0.05, 0.1) is 0 Å². The number of carbonyl (C=O) groups excluding carboxylic acids is 1. The molecular weight excluding hydrogens is 200 g/mol. The molecule has 0 aromatic heterocycles. The fourth-order valence-corrected chi connectivity index (χ4v) is 1.16. The molecule has 0 saturated heterocycles. The van der Waals surface area contributed by atoms with Crippen LogP contribution in [0.25, 0.3) is 6.08 Å². The van der Waals surface area contributed by atoms with Crippen LogP contribution in [0.15, 0.2) is 55.1 Å². The molecule has 0 bridgehead atoms. The van der Waals surface area contributed by atoms with Gasteiger partial charge in [0.15, 0.2) is 0 Å². The van der Waals surface area contributed by atoms with Crippen LogP contribution in [0.5, 0.6) is 5.75 Å². The lowest BCUT2D eigenvalue weighted by Gasteiger charge is -2.04. The van der Waals surface area contributed by atoms with Gasteiger partial charge < -0.3 is 4.74 Å². The zero-order chi connectivity index (χ0) is 11.8. The Bertz CT molecular complexity index is 428. The number of esters is 1. The molecule has 2 nitrogen and oxygen atoms in total. The van der Waals surface area contributed by atoms with Crippen molar-refractivity contribution >= 4 is 12.0 Å². The Hall–Kier alpha value is -2.09. The van der Waals surface area contributed by atoms with Crippen molar-refractivity contribution in [1.82, 2.24) is 0 Å². The first-order valence-electron chi connectivity index (χ1n) is 5.00. The van der Waals surface area contributed by atoms with E-state index in [4.69, 9.17) is 4.74 Å². The quantitative estimate of drug-likeness (QED) is 0.332. The van der Waals surface area contributed by atoms with Crippen LogP contribution >= 0.6 is 0 Å². The fourth-order valence-electron chi connectivity index (χ4n) is 1.16. The van der Waals surface area contributed by atoms with Crippen molar-refractivity contribution in [1.29, 1.82) is 0 Å². The predicted molar refractivity (Wildman–Crippen MR) is 66.1 cm³/mol. The average Bonchev–Trinajstić information content (AvgIpc) is 2.28. The fraction of sp³-hybridized carbons (Fsp3) is 0.0714. The number of allylic oxidation sites excluding steroid dienone is 3. The minimum Gasteiger partial charge on any atom is -0.423 e. The average molecular weight is 214 g/mol. The molecule has 16 heavy (non-hydrogen) atoms. The van der Waals surface area contributed by atoms with E-state index in [0.29, 0.717) is 5.75 Å². The SMILES string of the molecule is C=C/C=C/c1ccccc1OC(=O)/C=C/C. The van der Waals surface area contributed by atoms with Crippen molar-refractivity contribution in [2.45, 2.75) is 6.92 Å². The molecule has 82 valence electrons. The highest BCUT2D eigenvalue weighted by Gasteiger charge is 2.03. The maximum absolute atomic E-state index is 11.3. The summed E-state index contributed by atoms with van der Waals surface area (Å²) in [6, 6.07) is 7.34. The van der Waals surface area contributed by atoms with Gasteiger partial charge in [0, 0.05) is 11.6 Å². The topological polar surface area (TPSA) is 26.3 Å². The summed E-state index contributed by atoms with van der Waals surface area (Å²) in [6.07, 6.45) is 8.33. The lowest BCUT2D eigenvalue weighted by molar-refractivity contribution is -0.129. The smallest absolute Gasteiger partial charge is 0.335 e. The molecular formula is C14H14O2. The van der Waals surface area contributed by atoms with Crippen molar-refractivity contribution in [2.24, 2.45) is 0 Å². The van der Waals surface area contributed by atoms with Gasteiger partial charge in [-0.3, -0.25) is 0 Å². The third kappa shape index (κ3) is 3.58. The molecule has 0 N–H and O–H groups in total. The summed E-state index contributed by atoms with van der Waals surface area (Å²) in [5.41, 5.74) is 0.847. The second kappa shape index (κ2) is 6.40. The molecule has 0 saturated carbocycles. The van der Waals surface area contributed by atoms with Crippen LogP contribution in [0, 0.1) is 0 Å². The molecule has 0 spiro atoms. The predicted octanol–water partition coefficient (Wildman–Crippen LogP) is 3.37. The maximum atomic E-state index is 11.3. The third-order valence-electron chi connectivity index (χ3n) is 1.84. The van der Waals surface area contributed by atoms with Crippen LogP contribution in [-0.2, 0) is 4.79 Å². The summed E-state index contributed by atoms with van der Waals surface area (Å²) in [4.78, 5) is 11.3. The molecule has 1 aromatic rings. The highest BCUT2D eigenvalue weighted by Crippen LogP contribution is 2.19. The van der Waals surface area contributed by atoms with Crippen molar-refractivity contribution in [3.8, 4) is 5.75 Å². The molecule has 1 aromatic carbocycles. The number of hydrogen-bond donors (Lipinski definition) is 0. The zero-order valence-electron chi connectivity index (χ0n) is 9.22. The first kappa shape index (κ1) is 12.0. The molecule has 0 radical (unpaired) electrons. The summed E-state index contributed by atoms with van der Waals surface area (Å²) in [5, 5.41) is 0. The molecule has 2 heteroatoms. The van der Waals surface area contributed by atoms with E-state index in [2.05, 4.69) is 6.58 Å². The molecule has 0 unspecified atom stereocenters. The zero-order valence-corrected chi connectivity index (χ0v) is 9.22. The van der Waals surface area contributed by atoms with Crippen LogP contribution in [0.2, 0.25) is 0 Å². The molecule has 0 atom stereocenters. The van der Waals surface area contributed by atoms with Gasteiger partial charge in [-0.15, -0.1) is 0 Å². The molecule has 1 rings (SSSR count).